The maximum absolute atomic E-state index is 12.2. The number of nitrogens with zero attached hydrogens (tertiary/aromatic N) is 3. The van der Waals surface area contributed by atoms with Crippen LogP contribution in [0, 0.1) is 0 Å². The number of thioether (sulfide) groups is 1. The summed E-state index contributed by atoms with van der Waals surface area (Å²) in [6, 6.07) is 10.5. The lowest BCUT2D eigenvalue weighted by molar-refractivity contribution is -0.135. The zero-order chi connectivity index (χ0) is 16.1. The van der Waals surface area contributed by atoms with Crippen LogP contribution in [0.4, 0.5) is 5.82 Å². The van der Waals surface area contributed by atoms with Gasteiger partial charge in [0.1, 0.15) is 12.1 Å². The molecule has 6 heteroatoms. The molecule has 2 aromatic rings. The van der Waals surface area contributed by atoms with Crippen molar-refractivity contribution in [3.8, 4) is 0 Å². The number of nitrogens with one attached hydrogen (secondary N) is 1. The van der Waals surface area contributed by atoms with Gasteiger partial charge >= 0.3 is 0 Å². The molecule has 1 N–H and O–H groups in total. The summed E-state index contributed by atoms with van der Waals surface area (Å²) in [6.45, 7) is 1.49. The van der Waals surface area contributed by atoms with Gasteiger partial charge < -0.3 is 10.2 Å². The van der Waals surface area contributed by atoms with E-state index in [1.165, 1.54) is 16.8 Å². The van der Waals surface area contributed by atoms with E-state index >= 15 is 0 Å². The van der Waals surface area contributed by atoms with Gasteiger partial charge in [-0.05, 0) is 36.4 Å². The first-order valence-corrected chi connectivity index (χ1v) is 8.90. The van der Waals surface area contributed by atoms with Crippen molar-refractivity contribution in [3.05, 3.63) is 48.4 Å². The Morgan fingerprint density at radius 2 is 2.09 bits per heavy atom. The van der Waals surface area contributed by atoms with Crippen molar-refractivity contribution >= 4 is 23.5 Å². The van der Waals surface area contributed by atoms with Gasteiger partial charge in [-0.2, -0.15) is 0 Å². The van der Waals surface area contributed by atoms with Gasteiger partial charge in [0.2, 0.25) is 5.91 Å². The Bertz CT molecular complexity index is 641. The smallest absolute Gasteiger partial charge is 0.223 e. The molecule has 120 valence electrons. The van der Waals surface area contributed by atoms with Crippen LogP contribution in [0.5, 0.6) is 0 Å². The van der Waals surface area contributed by atoms with Gasteiger partial charge in [-0.15, -0.1) is 11.8 Å². The molecule has 5 nitrogen and oxygen atoms in total. The fraction of sp³-hybridized carbons (Fsp3) is 0.353. The van der Waals surface area contributed by atoms with E-state index in [1.54, 1.807) is 18.0 Å². The molecule has 1 aliphatic heterocycles. The summed E-state index contributed by atoms with van der Waals surface area (Å²) in [6.07, 6.45) is 6.66. The van der Waals surface area contributed by atoms with Gasteiger partial charge in [0.05, 0.1) is 6.04 Å². The van der Waals surface area contributed by atoms with Gasteiger partial charge in [-0.25, -0.2) is 9.97 Å². The number of rotatable bonds is 6. The van der Waals surface area contributed by atoms with E-state index in [9.17, 15) is 4.79 Å². The second kappa shape index (κ2) is 7.46. The van der Waals surface area contributed by atoms with Crippen LogP contribution in [0.15, 0.2) is 47.8 Å². The summed E-state index contributed by atoms with van der Waals surface area (Å²) in [4.78, 5) is 23.4. The number of carbonyl (C=O) groups is 1. The molecule has 0 radical (unpaired) electrons. The molecule has 1 fully saturated rings. The molecule has 1 saturated heterocycles. The molecular weight excluding hydrogens is 308 g/mol. The third-order valence-electron chi connectivity index (χ3n) is 3.95. The van der Waals surface area contributed by atoms with E-state index in [1.807, 2.05) is 11.0 Å². The van der Waals surface area contributed by atoms with Crippen molar-refractivity contribution in [3.63, 3.8) is 0 Å². The Balaban J connectivity index is 1.40. The van der Waals surface area contributed by atoms with Gasteiger partial charge in [-0.1, -0.05) is 12.1 Å². The third-order valence-corrected chi connectivity index (χ3v) is 4.70. The van der Waals surface area contributed by atoms with E-state index in [-0.39, 0.29) is 11.9 Å². The summed E-state index contributed by atoms with van der Waals surface area (Å²) >= 11 is 1.73. The Labute approximate surface area is 140 Å². The molecule has 23 heavy (non-hydrogen) atoms. The number of likely N-dealkylation sites (tertiary alicyclic amines) is 1. The highest BCUT2D eigenvalue weighted by molar-refractivity contribution is 7.98. The highest BCUT2D eigenvalue weighted by Gasteiger charge is 2.30. The number of anilines is 1. The molecule has 1 aliphatic rings. The van der Waals surface area contributed by atoms with E-state index in [0.29, 0.717) is 6.42 Å². The molecule has 0 unspecified atom stereocenters. The number of aromatic nitrogens is 2. The summed E-state index contributed by atoms with van der Waals surface area (Å²) in [5.41, 5.74) is 1.22. The number of hydrogen-bond donors (Lipinski definition) is 1. The second-order valence-corrected chi connectivity index (χ2v) is 6.46. The third kappa shape index (κ3) is 4.22. The van der Waals surface area contributed by atoms with Crippen molar-refractivity contribution in [2.75, 3.05) is 24.7 Å². The zero-order valence-electron chi connectivity index (χ0n) is 13.1. The van der Waals surface area contributed by atoms with Gasteiger partial charge in [-0.3, -0.25) is 4.79 Å². The zero-order valence-corrected chi connectivity index (χ0v) is 13.9. The highest BCUT2D eigenvalue weighted by Crippen LogP contribution is 2.17. The molecule has 1 aromatic carbocycles. The van der Waals surface area contributed by atoms with Crippen LogP contribution in [-0.4, -0.2) is 46.2 Å². The maximum Gasteiger partial charge on any atom is 0.223 e. The van der Waals surface area contributed by atoms with E-state index in [0.717, 1.165) is 25.3 Å². The second-order valence-electron chi connectivity index (χ2n) is 5.58. The number of benzene rings is 1. The lowest BCUT2D eigenvalue weighted by atomic mass is 10.1. The fourth-order valence-corrected chi connectivity index (χ4v) is 2.97. The SMILES string of the molecule is CSc1ccc(CCC(=O)N2CC(Nc3ccncn3)C2)cc1. The topological polar surface area (TPSA) is 58.1 Å². The van der Waals surface area contributed by atoms with Gasteiger partial charge in [0.15, 0.2) is 0 Å². The van der Waals surface area contributed by atoms with Crippen molar-refractivity contribution in [1.82, 2.24) is 14.9 Å². The van der Waals surface area contributed by atoms with E-state index in [2.05, 4.69) is 45.8 Å². The Morgan fingerprint density at radius 3 is 2.74 bits per heavy atom. The molecule has 1 amide bonds. The lowest BCUT2D eigenvalue weighted by Gasteiger charge is -2.39. The first kappa shape index (κ1) is 15.8. The molecule has 0 saturated carbocycles. The predicted octanol–water partition coefficient (Wildman–Crippen LogP) is 2.45. The first-order valence-electron chi connectivity index (χ1n) is 7.68. The number of carbonyl (C=O) groups excluding carboxylic acids is 1. The predicted molar refractivity (Wildman–Crippen MR) is 92.6 cm³/mol. The monoisotopic (exact) mass is 328 g/mol. The Kier molecular flexibility index (Phi) is 5.12. The van der Waals surface area contributed by atoms with Crippen LogP contribution in [0.2, 0.25) is 0 Å². The standard InChI is InChI=1S/C17H20N4OS/c1-23-15-5-2-13(3-6-15)4-7-17(22)21-10-14(11-21)20-16-8-9-18-12-19-16/h2-3,5-6,8-9,12,14H,4,7,10-11H2,1H3,(H,18,19,20). The Hall–Kier alpha value is -2.08. The minimum Gasteiger partial charge on any atom is -0.364 e. The largest absolute Gasteiger partial charge is 0.364 e. The van der Waals surface area contributed by atoms with Gasteiger partial charge in [0.25, 0.3) is 0 Å². The molecule has 0 aliphatic carbocycles. The average molecular weight is 328 g/mol. The highest BCUT2D eigenvalue weighted by atomic mass is 32.2. The lowest BCUT2D eigenvalue weighted by Crippen LogP contribution is -2.57. The summed E-state index contributed by atoms with van der Waals surface area (Å²) in [5.74, 6) is 1.03. The molecule has 0 spiro atoms. The van der Waals surface area contributed by atoms with Crippen molar-refractivity contribution in [2.45, 2.75) is 23.8 Å². The van der Waals surface area contributed by atoms with Crippen LogP contribution < -0.4 is 5.32 Å². The quantitative estimate of drug-likeness (QED) is 0.826. The Morgan fingerprint density at radius 1 is 1.30 bits per heavy atom. The average Bonchev–Trinajstić information content (AvgIpc) is 2.57. The molecule has 1 aromatic heterocycles. The van der Waals surface area contributed by atoms with Crippen LogP contribution in [-0.2, 0) is 11.2 Å². The number of hydrogen-bond acceptors (Lipinski definition) is 5. The summed E-state index contributed by atoms with van der Waals surface area (Å²) < 4.78 is 0. The molecular formula is C17H20N4OS. The van der Waals surface area contributed by atoms with Gasteiger partial charge in [0, 0.05) is 30.6 Å². The van der Waals surface area contributed by atoms with Crippen LogP contribution >= 0.6 is 11.8 Å². The summed E-state index contributed by atoms with van der Waals surface area (Å²) in [5, 5.41) is 3.30. The number of aryl methyl sites for hydroxylation is 1. The van der Waals surface area contributed by atoms with Crippen LogP contribution in [0.25, 0.3) is 0 Å². The minimum atomic E-state index is 0.222. The molecule has 3 rings (SSSR count). The van der Waals surface area contributed by atoms with E-state index in [4.69, 9.17) is 0 Å². The minimum absolute atomic E-state index is 0.222. The maximum atomic E-state index is 12.2. The molecule has 2 heterocycles. The van der Waals surface area contributed by atoms with Crippen molar-refractivity contribution in [2.24, 2.45) is 0 Å². The fourth-order valence-electron chi connectivity index (χ4n) is 2.56. The first-order chi connectivity index (χ1) is 11.2. The van der Waals surface area contributed by atoms with Crippen LogP contribution in [0.3, 0.4) is 0 Å². The number of amides is 1. The molecule has 0 atom stereocenters. The van der Waals surface area contributed by atoms with Crippen molar-refractivity contribution < 1.29 is 4.79 Å². The normalized spacial score (nSPS) is 14.4. The summed E-state index contributed by atoms with van der Waals surface area (Å²) in [7, 11) is 0. The molecule has 0 bridgehead atoms. The van der Waals surface area contributed by atoms with Crippen molar-refractivity contribution in [1.29, 1.82) is 0 Å². The van der Waals surface area contributed by atoms with E-state index < -0.39 is 0 Å². The van der Waals surface area contributed by atoms with Crippen LogP contribution in [0.1, 0.15) is 12.0 Å².